The van der Waals surface area contributed by atoms with E-state index >= 15 is 0 Å². The number of H-pyrrole nitrogens is 1. The molecule has 1 aromatic carbocycles. The Morgan fingerprint density at radius 2 is 1.97 bits per heavy atom. The fourth-order valence-corrected chi connectivity index (χ4v) is 3.62. The standard InChI is InChI=1S/C20H21N7O2/c1-2-3-16(20(28)29)17(19-23-25-26-24-19)10-13-4-6-14(7-5-13)15-8-9-18-21-12-22-27(18)11-15/h4-9,11-12,16-17H,2-3,10H2,1H3,(H,28,29)(H,23,24,25,26). The summed E-state index contributed by atoms with van der Waals surface area (Å²) in [7, 11) is 0. The number of carboxylic acids is 1. The zero-order valence-corrected chi connectivity index (χ0v) is 15.9. The lowest BCUT2D eigenvalue weighted by Crippen LogP contribution is -2.25. The number of aromatic amines is 1. The van der Waals surface area contributed by atoms with E-state index in [9.17, 15) is 9.90 Å². The van der Waals surface area contributed by atoms with Gasteiger partial charge >= 0.3 is 5.97 Å². The number of carboxylic acid groups (broad SMARTS) is 1. The van der Waals surface area contributed by atoms with Crippen LogP contribution in [0, 0.1) is 5.92 Å². The normalized spacial score (nSPS) is 13.4. The summed E-state index contributed by atoms with van der Waals surface area (Å²) in [5.41, 5.74) is 3.89. The van der Waals surface area contributed by atoms with Crippen molar-refractivity contribution in [2.75, 3.05) is 0 Å². The molecule has 0 saturated carbocycles. The predicted molar refractivity (Wildman–Crippen MR) is 105 cm³/mol. The van der Waals surface area contributed by atoms with Gasteiger partial charge in [-0.1, -0.05) is 42.8 Å². The van der Waals surface area contributed by atoms with E-state index in [4.69, 9.17) is 0 Å². The number of rotatable bonds is 8. The summed E-state index contributed by atoms with van der Waals surface area (Å²) in [6.07, 6.45) is 5.31. The number of fused-ring (bicyclic) bond motifs is 1. The SMILES string of the molecule is CCCC(C(=O)O)C(Cc1ccc(-c2ccc3ncnn3c2)cc1)c1nn[nH]n1. The van der Waals surface area contributed by atoms with Crippen LogP contribution in [-0.4, -0.2) is 46.3 Å². The highest BCUT2D eigenvalue weighted by atomic mass is 16.4. The number of nitrogens with zero attached hydrogens (tertiary/aromatic N) is 6. The highest BCUT2D eigenvalue weighted by Gasteiger charge is 2.31. The number of pyridine rings is 1. The molecule has 2 atom stereocenters. The smallest absolute Gasteiger partial charge is 0.307 e. The highest BCUT2D eigenvalue weighted by molar-refractivity contribution is 5.71. The van der Waals surface area contributed by atoms with Gasteiger partial charge in [0.2, 0.25) is 0 Å². The van der Waals surface area contributed by atoms with Gasteiger partial charge in [-0.3, -0.25) is 4.79 Å². The molecule has 2 N–H and O–H groups in total. The molecule has 148 valence electrons. The van der Waals surface area contributed by atoms with Gasteiger partial charge in [0.1, 0.15) is 6.33 Å². The van der Waals surface area contributed by atoms with Crippen LogP contribution in [0.15, 0.2) is 48.9 Å². The van der Waals surface area contributed by atoms with Crippen molar-refractivity contribution in [3.8, 4) is 11.1 Å². The number of hydrogen-bond acceptors (Lipinski definition) is 6. The van der Waals surface area contributed by atoms with Gasteiger partial charge in [-0.2, -0.15) is 10.3 Å². The first-order valence-electron chi connectivity index (χ1n) is 9.50. The first kappa shape index (κ1) is 18.7. The van der Waals surface area contributed by atoms with Gasteiger partial charge in [0.15, 0.2) is 11.5 Å². The lowest BCUT2D eigenvalue weighted by molar-refractivity contribution is -0.142. The summed E-state index contributed by atoms with van der Waals surface area (Å²) in [6, 6.07) is 12.0. The molecule has 0 aliphatic heterocycles. The van der Waals surface area contributed by atoms with E-state index in [0.29, 0.717) is 18.7 Å². The van der Waals surface area contributed by atoms with Crippen LogP contribution in [0.2, 0.25) is 0 Å². The molecule has 2 unspecified atom stereocenters. The number of aromatic nitrogens is 7. The monoisotopic (exact) mass is 391 g/mol. The van der Waals surface area contributed by atoms with Crippen molar-refractivity contribution in [1.29, 1.82) is 0 Å². The molecule has 0 amide bonds. The maximum atomic E-state index is 11.8. The van der Waals surface area contributed by atoms with Crippen LogP contribution in [0.1, 0.15) is 37.1 Å². The second-order valence-electron chi connectivity index (χ2n) is 6.99. The van der Waals surface area contributed by atoms with Crippen molar-refractivity contribution < 1.29 is 9.90 Å². The Bertz CT molecular complexity index is 1090. The third-order valence-corrected chi connectivity index (χ3v) is 5.11. The number of benzene rings is 1. The lowest BCUT2D eigenvalue weighted by atomic mass is 9.83. The number of aliphatic carboxylic acids is 1. The zero-order valence-electron chi connectivity index (χ0n) is 15.9. The number of nitrogens with one attached hydrogen (secondary N) is 1. The van der Waals surface area contributed by atoms with Crippen LogP contribution in [0.3, 0.4) is 0 Å². The molecule has 9 heteroatoms. The summed E-state index contributed by atoms with van der Waals surface area (Å²) in [6.45, 7) is 1.98. The van der Waals surface area contributed by atoms with Gasteiger partial charge in [0.25, 0.3) is 0 Å². The van der Waals surface area contributed by atoms with Gasteiger partial charge in [0, 0.05) is 17.7 Å². The molecule has 0 spiro atoms. The van der Waals surface area contributed by atoms with Crippen molar-refractivity contribution in [2.45, 2.75) is 32.1 Å². The van der Waals surface area contributed by atoms with Crippen LogP contribution >= 0.6 is 0 Å². The van der Waals surface area contributed by atoms with E-state index in [2.05, 4.69) is 30.7 Å². The van der Waals surface area contributed by atoms with Gasteiger partial charge in [-0.05, 0) is 36.1 Å². The quantitative estimate of drug-likeness (QED) is 0.473. The fourth-order valence-electron chi connectivity index (χ4n) is 3.62. The minimum Gasteiger partial charge on any atom is -0.481 e. The molecular weight excluding hydrogens is 370 g/mol. The van der Waals surface area contributed by atoms with Crippen LogP contribution in [-0.2, 0) is 11.2 Å². The molecule has 0 radical (unpaired) electrons. The molecule has 0 bridgehead atoms. The summed E-state index contributed by atoms with van der Waals surface area (Å²) in [4.78, 5) is 16.0. The average Bonchev–Trinajstić information content (AvgIpc) is 3.42. The zero-order chi connectivity index (χ0) is 20.2. The maximum absolute atomic E-state index is 11.8. The maximum Gasteiger partial charge on any atom is 0.307 e. The van der Waals surface area contributed by atoms with Gasteiger partial charge in [-0.15, -0.1) is 10.2 Å². The minimum absolute atomic E-state index is 0.344. The molecule has 3 heterocycles. The summed E-state index contributed by atoms with van der Waals surface area (Å²) in [5.74, 6) is -1.30. The second-order valence-corrected chi connectivity index (χ2v) is 6.99. The highest BCUT2D eigenvalue weighted by Crippen LogP contribution is 2.30. The molecule has 4 rings (SSSR count). The fraction of sp³-hybridized carbons (Fsp3) is 0.300. The Balaban J connectivity index is 1.58. The van der Waals surface area contributed by atoms with E-state index in [1.807, 2.05) is 49.5 Å². The minimum atomic E-state index is -0.834. The van der Waals surface area contributed by atoms with Crippen LogP contribution in [0.4, 0.5) is 0 Å². The van der Waals surface area contributed by atoms with Crippen LogP contribution in [0.5, 0.6) is 0 Å². The number of hydrogen-bond donors (Lipinski definition) is 2. The van der Waals surface area contributed by atoms with Gasteiger partial charge in [-0.25, -0.2) is 9.50 Å². The first-order chi connectivity index (χ1) is 14.2. The number of carbonyl (C=O) groups is 1. The Hall–Kier alpha value is -3.62. The second kappa shape index (κ2) is 8.17. The Kier molecular flexibility index (Phi) is 5.28. The third-order valence-electron chi connectivity index (χ3n) is 5.11. The van der Waals surface area contributed by atoms with E-state index < -0.39 is 11.9 Å². The van der Waals surface area contributed by atoms with Crippen molar-refractivity contribution in [3.05, 3.63) is 60.3 Å². The Morgan fingerprint density at radius 1 is 1.17 bits per heavy atom. The van der Waals surface area contributed by atoms with Gasteiger partial charge in [0.05, 0.1) is 5.92 Å². The lowest BCUT2D eigenvalue weighted by Gasteiger charge is -2.21. The van der Waals surface area contributed by atoms with Crippen molar-refractivity contribution in [1.82, 2.24) is 35.2 Å². The molecule has 3 aromatic heterocycles. The van der Waals surface area contributed by atoms with E-state index in [1.54, 1.807) is 4.52 Å². The molecule has 29 heavy (non-hydrogen) atoms. The predicted octanol–water partition coefficient (Wildman–Crippen LogP) is 2.74. The molecule has 0 fully saturated rings. The van der Waals surface area contributed by atoms with Gasteiger partial charge < -0.3 is 5.11 Å². The molecule has 9 nitrogen and oxygen atoms in total. The topological polar surface area (TPSA) is 122 Å². The molecule has 4 aromatic rings. The van der Waals surface area contributed by atoms with E-state index in [0.717, 1.165) is 28.8 Å². The Labute approximate surface area is 166 Å². The summed E-state index contributed by atoms with van der Waals surface area (Å²) in [5, 5.41) is 28.1. The number of tetrazole rings is 1. The summed E-state index contributed by atoms with van der Waals surface area (Å²) < 4.78 is 1.73. The van der Waals surface area contributed by atoms with E-state index in [-0.39, 0.29) is 5.92 Å². The van der Waals surface area contributed by atoms with Crippen molar-refractivity contribution in [3.63, 3.8) is 0 Å². The first-order valence-corrected chi connectivity index (χ1v) is 9.50. The van der Waals surface area contributed by atoms with Crippen molar-refractivity contribution in [2.24, 2.45) is 5.92 Å². The molecule has 0 saturated heterocycles. The van der Waals surface area contributed by atoms with Crippen LogP contribution in [0.25, 0.3) is 16.8 Å². The third kappa shape index (κ3) is 3.98. The average molecular weight is 391 g/mol. The molecule has 0 aliphatic carbocycles. The largest absolute Gasteiger partial charge is 0.481 e. The van der Waals surface area contributed by atoms with E-state index in [1.165, 1.54) is 6.33 Å². The summed E-state index contributed by atoms with van der Waals surface area (Å²) >= 11 is 0. The Morgan fingerprint density at radius 3 is 2.66 bits per heavy atom. The molecule has 0 aliphatic rings. The molecular formula is C20H21N7O2. The van der Waals surface area contributed by atoms with Crippen LogP contribution < -0.4 is 0 Å². The van der Waals surface area contributed by atoms with Crippen molar-refractivity contribution >= 4 is 11.6 Å².